The molecule has 0 bridgehead atoms. The first-order valence-electron chi connectivity index (χ1n) is 7.45. The molecule has 112 valence electrons. The van der Waals surface area contributed by atoms with E-state index in [0.717, 1.165) is 29.9 Å². The predicted molar refractivity (Wildman–Crippen MR) is 94.4 cm³/mol. The van der Waals surface area contributed by atoms with Gasteiger partial charge in [-0.2, -0.15) is 0 Å². The van der Waals surface area contributed by atoms with Crippen molar-refractivity contribution in [2.45, 2.75) is 39.7 Å². The molecule has 0 aliphatic heterocycles. The third kappa shape index (κ3) is 7.31. The van der Waals surface area contributed by atoms with E-state index < -0.39 is 0 Å². The molecule has 0 heterocycles. The predicted octanol–water partition coefficient (Wildman–Crippen LogP) is 4.86. The molecule has 1 rings (SSSR count). The van der Waals surface area contributed by atoms with Crippen molar-refractivity contribution in [3.63, 3.8) is 0 Å². The van der Waals surface area contributed by atoms with Crippen molar-refractivity contribution in [3.8, 4) is 0 Å². The van der Waals surface area contributed by atoms with Gasteiger partial charge in [-0.3, -0.25) is 4.99 Å². The van der Waals surface area contributed by atoms with Gasteiger partial charge in [-0.25, -0.2) is 0 Å². The molecule has 21 heavy (non-hydrogen) atoms. The quantitative estimate of drug-likeness (QED) is 0.420. The molecule has 2 nitrogen and oxygen atoms in total. The Labute approximate surface area is 129 Å². The Morgan fingerprint density at radius 2 is 2.24 bits per heavy atom. The molecule has 0 aromatic carbocycles. The third-order valence-corrected chi connectivity index (χ3v) is 2.85. The average Bonchev–Trinajstić information content (AvgIpc) is 2.71. The second-order valence-corrected chi connectivity index (χ2v) is 5.11. The van der Waals surface area contributed by atoms with Crippen LogP contribution in [-0.2, 0) is 0 Å². The first-order chi connectivity index (χ1) is 10.1. The highest BCUT2D eigenvalue weighted by Crippen LogP contribution is 2.09. The zero-order valence-electron chi connectivity index (χ0n) is 13.3. The lowest BCUT2D eigenvalue weighted by molar-refractivity contribution is 0.754. The molecule has 0 aromatic rings. The molecule has 2 heteroatoms. The number of nitrogens with zero attached hydrogens (tertiary/aromatic N) is 1. The van der Waals surface area contributed by atoms with Gasteiger partial charge in [0.2, 0.25) is 0 Å². The molecular formula is C19H26N2. The topological polar surface area (TPSA) is 24.4 Å². The maximum absolute atomic E-state index is 4.80. The summed E-state index contributed by atoms with van der Waals surface area (Å²) in [6.45, 7) is 10.0. The second-order valence-electron chi connectivity index (χ2n) is 5.11. The zero-order valence-corrected chi connectivity index (χ0v) is 13.3. The van der Waals surface area contributed by atoms with Crippen LogP contribution in [0.1, 0.15) is 33.6 Å². The van der Waals surface area contributed by atoms with E-state index >= 15 is 0 Å². The van der Waals surface area contributed by atoms with Crippen LogP contribution in [0.2, 0.25) is 0 Å². The van der Waals surface area contributed by atoms with Gasteiger partial charge in [-0.15, -0.1) is 0 Å². The number of hydrogen-bond donors (Lipinski definition) is 1. The Kier molecular flexibility index (Phi) is 7.88. The van der Waals surface area contributed by atoms with Crippen molar-refractivity contribution < 1.29 is 0 Å². The van der Waals surface area contributed by atoms with Crippen LogP contribution < -0.4 is 5.32 Å². The molecule has 0 saturated carbocycles. The Bertz CT molecular complexity index is 514. The highest BCUT2D eigenvalue weighted by Gasteiger charge is 2.07. The summed E-state index contributed by atoms with van der Waals surface area (Å²) < 4.78 is 0. The van der Waals surface area contributed by atoms with Crippen LogP contribution in [0.25, 0.3) is 0 Å². The Morgan fingerprint density at radius 3 is 2.95 bits per heavy atom. The summed E-state index contributed by atoms with van der Waals surface area (Å²) in [6, 6.07) is 0.217. The van der Waals surface area contributed by atoms with Crippen molar-refractivity contribution >= 4 is 5.84 Å². The van der Waals surface area contributed by atoms with Crippen molar-refractivity contribution in [2.75, 3.05) is 0 Å². The lowest BCUT2D eigenvalue weighted by atomic mass is 10.1. The lowest BCUT2D eigenvalue weighted by Crippen LogP contribution is -2.24. The first-order valence-corrected chi connectivity index (χ1v) is 7.45. The minimum Gasteiger partial charge on any atom is -0.344 e. The van der Waals surface area contributed by atoms with Gasteiger partial charge in [0, 0.05) is 11.3 Å². The van der Waals surface area contributed by atoms with Crippen molar-refractivity contribution in [1.82, 2.24) is 5.32 Å². The molecule has 1 aliphatic carbocycles. The summed E-state index contributed by atoms with van der Waals surface area (Å²) in [5, 5.41) is 3.27. The Balaban J connectivity index is 2.85. The van der Waals surface area contributed by atoms with E-state index in [4.69, 9.17) is 4.99 Å². The summed E-state index contributed by atoms with van der Waals surface area (Å²) in [4.78, 5) is 4.80. The van der Waals surface area contributed by atoms with E-state index in [1.165, 1.54) is 0 Å². The molecule has 1 N–H and O–H groups in total. The summed E-state index contributed by atoms with van der Waals surface area (Å²) >= 11 is 0. The van der Waals surface area contributed by atoms with Crippen molar-refractivity contribution in [2.24, 2.45) is 4.99 Å². The van der Waals surface area contributed by atoms with Gasteiger partial charge >= 0.3 is 0 Å². The molecule has 0 saturated heterocycles. The summed E-state index contributed by atoms with van der Waals surface area (Å²) in [6.07, 6.45) is 20.7. The largest absolute Gasteiger partial charge is 0.344 e. The molecule has 0 aromatic heterocycles. The minimum absolute atomic E-state index is 0.217. The van der Waals surface area contributed by atoms with Crippen LogP contribution >= 0.6 is 0 Å². The van der Waals surface area contributed by atoms with E-state index in [9.17, 15) is 0 Å². The maximum Gasteiger partial charge on any atom is 0.132 e. The average molecular weight is 282 g/mol. The van der Waals surface area contributed by atoms with Gasteiger partial charge in [0.1, 0.15) is 5.84 Å². The van der Waals surface area contributed by atoms with Gasteiger partial charge in [-0.1, -0.05) is 61.3 Å². The van der Waals surface area contributed by atoms with Crippen LogP contribution in [0.3, 0.4) is 0 Å². The minimum atomic E-state index is 0.217. The number of amidine groups is 1. The number of nitrogens with one attached hydrogen (secondary N) is 1. The second kappa shape index (κ2) is 9.76. The number of rotatable bonds is 6. The number of hydrogen-bond acceptors (Lipinski definition) is 1. The lowest BCUT2D eigenvalue weighted by Gasteiger charge is -2.13. The van der Waals surface area contributed by atoms with E-state index in [1.54, 1.807) is 0 Å². The van der Waals surface area contributed by atoms with Crippen LogP contribution in [0.5, 0.6) is 0 Å². The van der Waals surface area contributed by atoms with Crippen molar-refractivity contribution in [3.05, 3.63) is 72.5 Å². The smallest absolute Gasteiger partial charge is 0.132 e. The van der Waals surface area contributed by atoms with Gasteiger partial charge in [0.25, 0.3) is 0 Å². The molecular weight excluding hydrogens is 256 g/mol. The van der Waals surface area contributed by atoms with E-state index in [2.05, 4.69) is 61.4 Å². The van der Waals surface area contributed by atoms with Crippen LogP contribution in [0, 0.1) is 0 Å². The molecule has 0 fully saturated rings. The van der Waals surface area contributed by atoms with Crippen LogP contribution in [-0.4, -0.2) is 11.9 Å². The maximum atomic E-state index is 4.80. The summed E-state index contributed by atoms with van der Waals surface area (Å²) in [5.74, 6) is 0.886. The van der Waals surface area contributed by atoms with E-state index in [-0.39, 0.29) is 6.04 Å². The Hall–Kier alpha value is -2.09. The fraction of sp³-hybridized carbons (Fsp3) is 0.316. The molecule has 0 radical (unpaired) electrons. The van der Waals surface area contributed by atoms with Crippen LogP contribution in [0.15, 0.2) is 77.5 Å². The number of allylic oxidation sites excluding steroid dienone is 8. The fourth-order valence-corrected chi connectivity index (χ4v) is 1.86. The summed E-state index contributed by atoms with van der Waals surface area (Å²) in [5.41, 5.74) is 1.99. The normalized spacial score (nSPS) is 17.1. The molecule has 0 spiro atoms. The highest BCUT2D eigenvalue weighted by molar-refractivity contribution is 6.02. The van der Waals surface area contributed by atoms with Gasteiger partial charge in [0.05, 0.1) is 6.04 Å². The van der Waals surface area contributed by atoms with Gasteiger partial charge in [0.15, 0.2) is 0 Å². The molecule has 1 aliphatic rings. The molecule has 0 amide bonds. The molecule has 1 atom stereocenters. The molecule has 1 unspecified atom stereocenters. The first kappa shape index (κ1) is 17.0. The van der Waals surface area contributed by atoms with Crippen molar-refractivity contribution in [1.29, 1.82) is 0 Å². The van der Waals surface area contributed by atoms with E-state index in [0.29, 0.717) is 0 Å². The standard InChI is InChI=1S/C19H26N2/c1-5-6-7-10-13-17(4)21-19(20-16(2)3)18-14-11-8-9-12-15-18/h5-8,10-12,14-15,17H,2,9,13H2,1,3-4H3,(H,20,21)/b6-5-,10-7-. The number of aliphatic imine (C=N–C) groups is 1. The third-order valence-electron chi connectivity index (χ3n) is 2.85. The fourth-order valence-electron chi connectivity index (χ4n) is 1.86. The zero-order chi connectivity index (χ0) is 15.5. The summed E-state index contributed by atoms with van der Waals surface area (Å²) in [7, 11) is 0. The monoisotopic (exact) mass is 282 g/mol. The van der Waals surface area contributed by atoms with Gasteiger partial charge in [-0.05, 0) is 33.6 Å². The van der Waals surface area contributed by atoms with Gasteiger partial charge < -0.3 is 5.32 Å². The van der Waals surface area contributed by atoms with Crippen LogP contribution in [0.4, 0.5) is 0 Å². The SMILES string of the molecule is C=C(C)NC(=NC(C)C/C=C\C=C/C)C1=CC=CCC=C1. The van der Waals surface area contributed by atoms with E-state index in [1.807, 2.05) is 26.0 Å². The Morgan fingerprint density at radius 1 is 1.43 bits per heavy atom. The highest BCUT2D eigenvalue weighted by atomic mass is 15.0.